The average molecular weight is 777 g/mol. The van der Waals surface area contributed by atoms with Gasteiger partial charge in [-0.15, -0.1) is 0 Å². The van der Waals surface area contributed by atoms with E-state index in [1.807, 2.05) is 0 Å². The minimum Gasteiger partial charge on any atom is -1.00 e. The van der Waals surface area contributed by atoms with Crippen LogP contribution in [0.15, 0.2) is 163 Å². The van der Waals surface area contributed by atoms with Gasteiger partial charge in [0, 0.05) is 0 Å². The Balaban J connectivity index is 0.00000203. The van der Waals surface area contributed by atoms with Crippen LogP contribution in [-0.2, 0) is 21.3 Å². The van der Waals surface area contributed by atoms with Crippen LogP contribution in [-0.4, -0.2) is 3.21 Å². The molecule has 0 aromatic heterocycles. The summed E-state index contributed by atoms with van der Waals surface area (Å²) < 4.78 is 2.38. The fourth-order valence-electron chi connectivity index (χ4n) is 8.57. The molecule has 1 atom stereocenters. The molecule has 0 nitrogen and oxygen atoms in total. The van der Waals surface area contributed by atoms with Crippen LogP contribution in [0.2, 0.25) is 0 Å². The molecule has 0 radical (unpaired) electrons. The second-order valence-corrected chi connectivity index (χ2v) is 20.2. The van der Waals surface area contributed by atoms with E-state index in [-0.39, 0.29) is 24.8 Å². The number of hydrogen-bond donors (Lipinski definition) is 0. The molecule has 0 spiro atoms. The monoisotopic (exact) mass is 774 g/mol. The first-order valence-corrected chi connectivity index (χ1v) is 21.5. The van der Waals surface area contributed by atoms with Crippen LogP contribution in [0.25, 0.3) is 39.1 Å². The van der Waals surface area contributed by atoms with E-state index in [4.69, 9.17) is 0 Å². The van der Waals surface area contributed by atoms with Gasteiger partial charge >= 0.3 is 299 Å². The van der Waals surface area contributed by atoms with Crippen molar-refractivity contribution in [1.82, 2.24) is 0 Å². The van der Waals surface area contributed by atoms with E-state index in [1.165, 1.54) is 83.1 Å². The number of allylic oxidation sites excluding steroid dienone is 1. The minimum absolute atomic E-state index is 0. The van der Waals surface area contributed by atoms with Crippen LogP contribution in [0.5, 0.6) is 0 Å². The normalized spacial score (nSPS) is 13.9. The van der Waals surface area contributed by atoms with Gasteiger partial charge in [0.1, 0.15) is 0 Å². The van der Waals surface area contributed by atoms with Gasteiger partial charge in [0.15, 0.2) is 0 Å². The summed E-state index contributed by atoms with van der Waals surface area (Å²) in [7, 11) is 0. The smallest absolute Gasteiger partial charge is 1.00 e. The maximum atomic E-state index is 2.54. The SMILES string of the molecule is CC1=Cc2c(-c3ccc4ccccc4c3)cccc2[CH]1[Zr+2](=[C](c1ccccc1)c1ccccc1)[CH]1c2cc(C)ccc2-c2ccc(C)cc21.[Cl-].[Cl-]. The molecular weight excluding hydrogens is 739 g/mol. The molecule has 0 amide bonds. The number of rotatable bonds is 5. The van der Waals surface area contributed by atoms with E-state index in [9.17, 15) is 0 Å². The molecule has 7 aromatic carbocycles. The fraction of sp³-hybridized carbons (Fsp3) is 0.104. The predicted molar refractivity (Wildman–Crippen MR) is 205 cm³/mol. The summed E-state index contributed by atoms with van der Waals surface area (Å²) in [6.45, 7) is 6.95. The van der Waals surface area contributed by atoms with Crippen molar-refractivity contribution < 1.29 is 46.1 Å². The van der Waals surface area contributed by atoms with Gasteiger partial charge in [-0.1, -0.05) is 0 Å². The van der Waals surface area contributed by atoms with E-state index in [0.29, 0.717) is 7.25 Å². The van der Waals surface area contributed by atoms with Crippen molar-refractivity contribution >= 4 is 20.1 Å². The first kappa shape index (κ1) is 35.3. The van der Waals surface area contributed by atoms with Gasteiger partial charge in [-0.05, 0) is 0 Å². The summed E-state index contributed by atoms with van der Waals surface area (Å²) >= 11 is -2.93. The third-order valence-corrected chi connectivity index (χ3v) is 20.0. The van der Waals surface area contributed by atoms with E-state index in [0.717, 1.165) is 0 Å². The van der Waals surface area contributed by atoms with E-state index >= 15 is 0 Å². The molecule has 7 aromatic rings. The van der Waals surface area contributed by atoms with Gasteiger partial charge in [0.05, 0.1) is 0 Å². The number of benzene rings is 7. The molecule has 51 heavy (non-hydrogen) atoms. The van der Waals surface area contributed by atoms with Crippen molar-refractivity contribution in [2.24, 2.45) is 0 Å². The Morgan fingerprint density at radius 2 is 1.02 bits per heavy atom. The van der Waals surface area contributed by atoms with Crippen LogP contribution in [0.4, 0.5) is 0 Å². The Labute approximate surface area is 321 Å². The van der Waals surface area contributed by atoms with Gasteiger partial charge in [0.2, 0.25) is 0 Å². The molecule has 9 rings (SSSR count). The standard InChI is InChI=1S/C20H15.C15H13.C13H10.2ClH.Zr/c1-14-11-17-7-4-8-19(20(17)12-14)18-10-9-15-5-2-3-6-16(15)13-18;1-10-3-5-14-12(7-10)9-13-8-11(2)4-6-15(13)14;1-3-7-12(8-4-1)11-13-9-5-2-6-10-13;;;/h2-13H,1H3;3-9H,1-2H3;1-10H;2*1H;/q;;;;;+2/p-2. The maximum absolute atomic E-state index is 2.93. The zero-order valence-electron chi connectivity index (χ0n) is 29.0. The first-order valence-electron chi connectivity index (χ1n) is 17.4. The molecule has 0 bridgehead atoms. The van der Waals surface area contributed by atoms with Gasteiger partial charge in [-0.2, -0.15) is 0 Å². The summed E-state index contributed by atoms with van der Waals surface area (Å²) in [5.74, 6) is 0. The van der Waals surface area contributed by atoms with E-state index < -0.39 is 21.3 Å². The molecule has 3 heteroatoms. The van der Waals surface area contributed by atoms with E-state index in [1.54, 1.807) is 3.21 Å². The van der Waals surface area contributed by atoms with Crippen LogP contribution in [0, 0.1) is 13.8 Å². The molecule has 0 fully saturated rings. The van der Waals surface area contributed by atoms with Gasteiger partial charge in [0.25, 0.3) is 0 Å². The molecule has 0 saturated heterocycles. The van der Waals surface area contributed by atoms with Crippen LogP contribution in [0.1, 0.15) is 58.7 Å². The number of aryl methyl sites for hydroxylation is 2. The third-order valence-electron chi connectivity index (χ3n) is 10.7. The van der Waals surface area contributed by atoms with Crippen molar-refractivity contribution in [2.45, 2.75) is 28.0 Å². The van der Waals surface area contributed by atoms with Gasteiger partial charge < -0.3 is 24.8 Å². The second kappa shape index (κ2) is 14.5. The maximum Gasteiger partial charge on any atom is -1.00 e. The Morgan fingerprint density at radius 1 is 0.451 bits per heavy atom. The van der Waals surface area contributed by atoms with Crippen LogP contribution in [0.3, 0.4) is 0 Å². The van der Waals surface area contributed by atoms with Crippen molar-refractivity contribution in [3.8, 4) is 22.3 Å². The van der Waals surface area contributed by atoms with Crippen molar-refractivity contribution in [2.75, 3.05) is 0 Å². The Hall–Kier alpha value is -4.13. The third kappa shape index (κ3) is 6.14. The molecule has 2 aliphatic rings. The quantitative estimate of drug-likeness (QED) is 0.194. The largest absolute Gasteiger partial charge is 1.00 e. The average Bonchev–Trinajstić information content (AvgIpc) is 3.63. The molecular formula is C48H38Cl2Zr. The number of halogens is 2. The Morgan fingerprint density at radius 3 is 1.63 bits per heavy atom. The van der Waals surface area contributed by atoms with Crippen molar-refractivity contribution in [3.63, 3.8) is 0 Å². The first-order chi connectivity index (χ1) is 24.0. The molecule has 0 N–H and O–H groups in total. The molecule has 0 aliphatic heterocycles. The van der Waals surface area contributed by atoms with Crippen LogP contribution >= 0.6 is 0 Å². The minimum atomic E-state index is -2.93. The summed E-state index contributed by atoms with van der Waals surface area (Å²) in [5.41, 5.74) is 18.4. The fourth-order valence-corrected chi connectivity index (χ4v) is 18.9. The predicted octanol–water partition coefficient (Wildman–Crippen LogP) is 6.25. The Kier molecular flexibility index (Phi) is 10.0. The molecule has 1 unspecified atom stereocenters. The van der Waals surface area contributed by atoms with Gasteiger partial charge in [-0.3, -0.25) is 0 Å². The molecule has 248 valence electrons. The Bertz CT molecular complexity index is 2380. The summed E-state index contributed by atoms with van der Waals surface area (Å²) in [6.07, 6.45) is 2.54. The molecule has 2 aliphatic carbocycles. The summed E-state index contributed by atoms with van der Waals surface area (Å²) in [6, 6.07) is 59.9. The van der Waals surface area contributed by atoms with Crippen molar-refractivity contribution in [3.05, 3.63) is 208 Å². The molecule has 0 saturated carbocycles. The zero-order valence-corrected chi connectivity index (χ0v) is 33.0. The van der Waals surface area contributed by atoms with Crippen molar-refractivity contribution in [1.29, 1.82) is 0 Å². The number of fused-ring (bicyclic) bond motifs is 5. The van der Waals surface area contributed by atoms with Gasteiger partial charge in [-0.25, -0.2) is 0 Å². The summed E-state index contributed by atoms with van der Waals surface area (Å²) in [4.78, 5) is 0. The van der Waals surface area contributed by atoms with Crippen LogP contribution < -0.4 is 24.8 Å². The van der Waals surface area contributed by atoms with E-state index in [2.05, 4.69) is 185 Å². The topological polar surface area (TPSA) is 0 Å². The second-order valence-electron chi connectivity index (χ2n) is 13.9. The molecule has 0 heterocycles. The zero-order chi connectivity index (χ0) is 33.1. The number of hydrogen-bond acceptors (Lipinski definition) is 0. The summed E-state index contributed by atoms with van der Waals surface area (Å²) in [5, 5.41) is 2.57.